The summed E-state index contributed by atoms with van der Waals surface area (Å²) < 4.78 is 0. The maximum absolute atomic E-state index is 12.4. The summed E-state index contributed by atoms with van der Waals surface area (Å²) in [6.45, 7) is 5.98. The van der Waals surface area contributed by atoms with E-state index in [-0.39, 0.29) is 11.8 Å². The first-order valence-corrected chi connectivity index (χ1v) is 7.81. The van der Waals surface area contributed by atoms with E-state index in [1.165, 1.54) is 0 Å². The average molecular weight is 310 g/mol. The fraction of sp³-hybridized carbons (Fsp3) is 0.263. The number of carbonyl (C=O) groups excluding carboxylic acids is 2. The molecule has 2 rings (SSSR count). The molecule has 0 radical (unpaired) electrons. The van der Waals surface area contributed by atoms with E-state index in [2.05, 4.69) is 24.5 Å². The van der Waals surface area contributed by atoms with E-state index in [0.29, 0.717) is 23.6 Å². The van der Waals surface area contributed by atoms with Crippen molar-refractivity contribution in [1.82, 2.24) is 0 Å². The molecule has 0 saturated carbocycles. The Bertz CT molecular complexity index is 691. The molecule has 0 aliphatic carbocycles. The first-order valence-electron chi connectivity index (χ1n) is 7.81. The van der Waals surface area contributed by atoms with E-state index in [1.54, 1.807) is 31.2 Å². The first-order chi connectivity index (χ1) is 11.0. The number of amides is 2. The van der Waals surface area contributed by atoms with Gasteiger partial charge in [0, 0.05) is 23.4 Å². The van der Waals surface area contributed by atoms with Gasteiger partial charge in [-0.25, -0.2) is 0 Å². The van der Waals surface area contributed by atoms with Gasteiger partial charge in [0.2, 0.25) is 5.91 Å². The third kappa shape index (κ3) is 4.42. The Kier molecular flexibility index (Phi) is 5.52. The number of para-hydroxylation sites is 1. The number of nitrogens with one attached hydrogen (secondary N) is 2. The van der Waals surface area contributed by atoms with Crippen LogP contribution in [0.3, 0.4) is 0 Å². The van der Waals surface area contributed by atoms with Gasteiger partial charge in [0.1, 0.15) is 0 Å². The van der Waals surface area contributed by atoms with Crippen molar-refractivity contribution in [3.05, 3.63) is 59.7 Å². The second-order valence-electron chi connectivity index (χ2n) is 5.68. The van der Waals surface area contributed by atoms with Crippen LogP contribution in [0.2, 0.25) is 0 Å². The fourth-order valence-electron chi connectivity index (χ4n) is 2.26. The van der Waals surface area contributed by atoms with Gasteiger partial charge in [-0.1, -0.05) is 39.0 Å². The molecule has 0 fully saturated rings. The van der Waals surface area contributed by atoms with Gasteiger partial charge in [-0.2, -0.15) is 0 Å². The standard InChI is InChI=1S/C19H22N2O2/c1-4-18(22)20-15-11-9-14(10-12-15)19(23)21-17-8-6-5-7-16(17)13(2)3/h5-13H,4H2,1-3H3,(H,20,22)(H,21,23). The zero-order valence-corrected chi connectivity index (χ0v) is 13.7. The van der Waals surface area contributed by atoms with E-state index in [0.717, 1.165) is 11.3 Å². The first kappa shape index (κ1) is 16.7. The molecule has 4 nitrogen and oxygen atoms in total. The summed E-state index contributed by atoms with van der Waals surface area (Å²) in [5.74, 6) is 0.123. The third-order valence-electron chi connectivity index (χ3n) is 3.58. The summed E-state index contributed by atoms with van der Waals surface area (Å²) in [7, 11) is 0. The molecule has 0 aliphatic rings. The Balaban J connectivity index is 2.11. The Labute approximate surface area is 136 Å². The van der Waals surface area contributed by atoms with E-state index < -0.39 is 0 Å². The Morgan fingerprint density at radius 1 is 0.957 bits per heavy atom. The Hall–Kier alpha value is -2.62. The largest absolute Gasteiger partial charge is 0.326 e. The predicted octanol–water partition coefficient (Wildman–Crippen LogP) is 4.41. The monoisotopic (exact) mass is 310 g/mol. The van der Waals surface area contributed by atoms with Gasteiger partial charge in [-0.3, -0.25) is 9.59 Å². The Morgan fingerprint density at radius 3 is 2.22 bits per heavy atom. The zero-order chi connectivity index (χ0) is 16.8. The molecule has 23 heavy (non-hydrogen) atoms. The van der Waals surface area contributed by atoms with Crippen LogP contribution >= 0.6 is 0 Å². The van der Waals surface area contributed by atoms with Gasteiger partial charge in [0.15, 0.2) is 0 Å². The molecule has 2 aromatic carbocycles. The number of benzene rings is 2. The summed E-state index contributed by atoms with van der Waals surface area (Å²) >= 11 is 0. The molecule has 0 spiro atoms. The molecular weight excluding hydrogens is 288 g/mol. The highest BCUT2D eigenvalue weighted by molar-refractivity contribution is 6.05. The number of anilines is 2. The van der Waals surface area contributed by atoms with Crippen LogP contribution in [0.5, 0.6) is 0 Å². The quantitative estimate of drug-likeness (QED) is 0.859. The molecule has 0 saturated heterocycles. The molecule has 0 aromatic heterocycles. The topological polar surface area (TPSA) is 58.2 Å². The highest BCUT2D eigenvalue weighted by Gasteiger charge is 2.11. The molecule has 0 atom stereocenters. The van der Waals surface area contributed by atoms with Gasteiger partial charge < -0.3 is 10.6 Å². The Morgan fingerprint density at radius 2 is 1.61 bits per heavy atom. The molecule has 0 heterocycles. The molecule has 120 valence electrons. The summed E-state index contributed by atoms with van der Waals surface area (Å²) in [5, 5.41) is 5.71. The number of hydrogen-bond donors (Lipinski definition) is 2. The van der Waals surface area contributed by atoms with Crippen molar-refractivity contribution >= 4 is 23.2 Å². The molecule has 2 amide bonds. The fourth-order valence-corrected chi connectivity index (χ4v) is 2.26. The van der Waals surface area contributed by atoms with E-state index in [1.807, 2.05) is 24.3 Å². The molecule has 2 aromatic rings. The minimum atomic E-state index is -0.161. The lowest BCUT2D eigenvalue weighted by Crippen LogP contribution is -2.14. The zero-order valence-electron chi connectivity index (χ0n) is 13.7. The van der Waals surface area contributed by atoms with E-state index in [4.69, 9.17) is 0 Å². The lowest BCUT2D eigenvalue weighted by molar-refractivity contribution is -0.115. The van der Waals surface area contributed by atoms with Crippen molar-refractivity contribution < 1.29 is 9.59 Å². The predicted molar refractivity (Wildman–Crippen MR) is 93.8 cm³/mol. The molecular formula is C19H22N2O2. The number of carbonyl (C=O) groups is 2. The average Bonchev–Trinajstić information content (AvgIpc) is 2.55. The lowest BCUT2D eigenvalue weighted by Gasteiger charge is -2.13. The van der Waals surface area contributed by atoms with Crippen molar-refractivity contribution in [2.45, 2.75) is 33.1 Å². The minimum Gasteiger partial charge on any atom is -0.326 e. The van der Waals surface area contributed by atoms with Gasteiger partial charge >= 0.3 is 0 Å². The summed E-state index contributed by atoms with van der Waals surface area (Å²) in [5.41, 5.74) is 3.18. The van der Waals surface area contributed by atoms with Crippen molar-refractivity contribution in [3.8, 4) is 0 Å². The van der Waals surface area contributed by atoms with Crippen LogP contribution in [0.4, 0.5) is 11.4 Å². The minimum absolute atomic E-state index is 0.0481. The molecule has 0 unspecified atom stereocenters. The number of hydrogen-bond acceptors (Lipinski definition) is 2. The van der Waals surface area contributed by atoms with Crippen LogP contribution in [-0.2, 0) is 4.79 Å². The van der Waals surface area contributed by atoms with Crippen LogP contribution in [0.25, 0.3) is 0 Å². The molecule has 0 aliphatic heterocycles. The van der Waals surface area contributed by atoms with Crippen LogP contribution in [0, 0.1) is 0 Å². The van der Waals surface area contributed by atoms with Gasteiger partial charge in [-0.05, 0) is 41.8 Å². The second kappa shape index (κ2) is 7.58. The van der Waals surface area contributed by atoms with Crippen LogP contribution in [-0.4, -0.2) is 11.8 Å². The van der Waals surface area contributed by atoms with Crippen molar-refractivity contribution in [2.75, 3.05) is 10.6 Å². The summed E-state index contributed by atoms with van der Waals surface area (Å²) in [6, 6.07) is 14.7. The van der Waals surface area contributed by atoms with Crippen LogP contribution < -0.4 is 10.6 Å². The van der Waals surface area contributed by atoms with Gasteiger partial charge in [0.05, 0.1) is 0 Å². The van der Waals surface area contributed by atoms with Crippen molar-refractivity contribution in [3.63, 3.8) is 0 Å². The highest BCUT2D eigenvalue weighted by atomic mass is 16.2. The molecule has 0 bridgehead atoms. The van der Waals surface area contributed by atoms with E-state index >= 15 is 0 Å². The maximum Gasteiger partial charge on any atom is 0.255 e. The summed E-state index contributed by atoms with van der Waals surface area (Å²) in [4.78, 5) is 23.7. The molecule has 2 N–H and O–H groups in total. The lowest BCUT2D eigenvalue weighted by atomic mass is 10.0. The molecule has 4 heteroatoms. The smallest absolute Gasteiger partial charge is 0.255 e. The van der Waals surface area contributed by atoms with E-state index in [9.17, 15) is 9.59 Å². The summed E-state index contributed by atoms with van der Waals surface area (Å²) in [6.07, 6.45) is 0.425. The number of rotatable bonds is 5. The van der Waals surface area contributed by atoms with Gasteiger partial charge in [0.25, 0.3) is 5.91 Å². The highest BCUT2D eigenvalue weighted by Crippen LogP contribution is 2.24. The third-order valence-corrected chi connectivity index (χ3v) is 3.58. The SMILES string of the molecule is CCC(=O)Nc1ccc(C(=O)Nc2ccccc2C(C)C)cc1. The van der Waals surface area contributed by atoms with Crippen LogP contribution in [0.15, 0.2) is 48.5 Å². The van der Waals surface area contributed by atoms with Crippen molar-refractivity contribution in [2.24, 2.45) is 0 Å². The van der Waals surface area contributed by atoms with Crippen molar-refractivity contribution in [1.29, 1.82) is 0 Å². The van der Waals surface area contributed by atoms with Crippen LogP contribution in [0.1, 0.15) is 49.0 Å². The van der Waals surface area contributed by atoms with Gasteiger partial charge in [-0.15, -0.1) is 0 Å². The second-order valence-corrected chi connectivity index (χ2v) is 5.68. The normalized spacial score (nSPS) is 10.4. The maximum atomic E-state index is 12.4.